The summed E-state index contributed by atoms with van der Waals surface area (Å²) in [4.78, 5) is 39.5. The molecule has 2 aliphatic rings. The van der Waals surface area contributed by atoms with Gasteiger partial charge in [-0.3, -0.25) is 4.79 Å². The zero-order chi connectivity index (χ0) is 19.7. The van der Waals surface area contributed by atoms with Gasteiger partial charge in [-0.1, -0.05) is 30.3 Å². The van der Waals surface area contributed by atoms with E-state index in [0.717, 1.165) is 5.56 Å². The first-order valence-electron chi connectivity index (χ1n) is 9.16. The molecule has 2 saturated heterocycles. The third kappa shape index (κ3) is 4.59. The number of piperidine rings is 1. The second-order valence-corrected chi connectivity index (χ2v) is 8.35. The molecule has 0 aliphatic carbocycles. The highest BCUT2D eigenvalue weighted by Gasteiger charge is 2.51. The molecule has 3 amide bonds. The molecule has 146 valence electrons. The molecule has 0 aromatic heterocycles. The molecular weight excluding hydrogens is 348 g/mol. The molecule has 0 N–H and O–H groups in total. The quantitative estimate of drug-likeness (QED) is 0.795. The lowest BCUT2D eigenvalue weighted by Gasteiger charge is -2.52. The number of amides is 3. The number of nitrogens with zero attached hydrogens (tertiary/aromatic N) is 2. The molecule has 7 heteroatoms. The van der Waals surface area contributed by atoms with Crippen LogP contribution >= 0.6 is 0 Å². The fourth-order valence-electron chi connectivity index (χ4n) is 3.46. The Balaban J connectivity index is 1.48. The van der Waals surface area contributed by atoms with Crippen molar-refractivity contribution < 1.29 is 23.9 Å². The Bertz CT molecular complexity index is 720. The van der Waals surface area contributed by atoms with Crippen molar-refractivity contribution in [2.24, 2.45) is 5.41 Å². The van der Waals surface area contributed by atoms with Gasteiger partial charge in [0.25, 0.3) is 0 Å². The number of rotatable bonds is 2. The normalized spacial score (nSPS) is 18.9. The average molecular weight is 374 g/mol. The molecule has 2 aliphatic heterocycles. The molecule has 0 atom stereocenters. The number of imide groups is 1. The molecule has 3 rings (SSSR count). The summed E-state index contributed by atoms with van der Waals surface area (Å²) in [5.41, 5.74) is 0.0879. The molecule has 0 radical (unpaired) electrons. The maximum atomic E-state index is 12.5. The Morgan fingerprint density at radius 1 is 1.11 bits per heavy atom. The molecule has 0 unspecified atom stereocenters. The van der Waals surface area contributed by atoms with Gasteiger partial charge in [0.1, 0.15) is 12.2 Å². The fraction of sp³-hybridized carbons (Fsp3) is 0.550. The third-order valence-electron chi connectivity index (χ3n) is 4.82. The van der Waals surface area contributed by atoms with Crippen molar-refractivity contribution in [1.29, 1.82) is 0 Å². The van der Waals surface area contributed by atoms with Crippen LogP contribution in [0.15, 0.2) is 30.3 Å². The first-order valence-corrected chi connectivity index (χ1v) is 9.16. The van der Waals surface area contributed by atoms with Gasteiger partial charge in [-0.2, -0.15) is 0 Å². The maximum absolute atomic E-state index is 12.5. The molecular formula is C20H26N2O5. The number of ether oxygens (including phenoxy) is 2. The number of carbonyl (C=O) groups excluding carboxylic acids is 3. The zero-order valence-electron chi connectivity index (χ0n) is 16.1. The van der Waals surface area contributed by atoms with Crippen LogP contribution in [0.4, 0.5) is 9.59 Å². The Labute approximate surface area is 159 Å². The van der Waals surface area contributed by atoms with E-state index in [9.17, 15) is 14.4 Å². The van der Waals surface area contributed by atoms with Gasteiger partial charge in [0, 0.05) is 31.5 Å². The van der Waals surface area contributed by atoms with Crippen LogP contribution in [0, 0.1) is 5.41 Å². The van der Waals surface area contributed by atoms with Crippen molar-refractivity contribution in [2.45, 2.75) is 45.8 Å². The minimum absolute atomic E-state index is 0.140. The SMILES string of the molecule is CC(C)(C)OC(=O)N1CC2(CCN(C(=O)OCc3ccccc3)C(=O)C2)C1. The number of benzene rings is 1. The average Bonchev–Trinajstić information content (AvgIpc) is 2.56. The van der Waals surface area contributed by atoms with Crippen molar-refractivity contribution in [3.05, 3.63) is 35.9 Å². The van der Waals surface area contributed by atoms with E-state index in [1.54, 1.807) is 4.90 Å². The molecule has 7 nitrogen and oxygen atoms in total. The Morgan fingerprint density at radius 2 is 1.78 bits per heavy atom. The van der Waals surface area contributed by atoms with Crippen LogP contribution in [0.1, 0.15) is 39.2 Å². The Kier molecular flexibility index (Phi) is 5.13. The molecule has 2 fully saturated rings. The van der Waals surface area contributed by atoms with Gasteiger partial charge in [-0.25, -0.2) is 14.5 Å². The molecule has 0 bridgehead atoms. The minimum Gasteiger partial charge on any atom is -0.444 e. The standard InChI is InChI=1S/C20H26N2O5/c1-19(2,3)27-17(24)21-13-20(14-21)9-10-22(16(23)11-20)18(25)26-12-15-7-5-4-6-8-15/h4-8H,9-14H2,1-3H3. The van der Waals surface area contributed by atoms with E-state index in [-0.39, 0.29) is 30.4 Å². The van der Waals surface area contributed by atoms with Gasteiger partial charge in [0.05, 0.1) is 0 Å². The summed E-state index contributed by atoms with van der Waals surface area (Å²) in [5.74, 6) is -0.247. The van der Waals surface area contributed by atoms with E-state index in [1.165, 1.54) is 4.90 Å². The molecule has 27 heavy (non-hydrogen) atoms. The van der Waals surface area contributed by atoms with Gasteiger partial charge in [0.15, 0.2) is 0 Å². The fourth-order valence-corrected chi connectivity index (χ4v) is 3.46. The van der Waals surface area contributed by atoms with Crippen LogP contribution in [0.3, 0.4) is 0 Å². The summed E-state index contributed by atoms with van der Waals surface area (Å²) in [7, 11) is 0. The van der Waals surface area contributed by atoms with Crippen LogP contribution in [0.5, 0.6) is 0 Å². The van der Waals surface area contributed by atoms with Crippen LogP contribution in [-0.4, -0.2) is 53.1 Å². The third-order valence-corrected chi connectivity index (χ3v) is 4.82. The lowest BCUT2D eigenvalue weighted by atomic mass is 9.72. The predicted octanol–water partition coefficient (Wildman–Crippen LogP) is 3.18. The smallest absolute Gasteiger partial charge is 0.416 e. The molecule has 0 saturated carbocycles. The van der Waals surface area contributed by atoms with Crippen LogP contribution in [0.25, 0.3) is 0 Å². The largest absolute Gasteiger partial charge is 0.444 e. The van der Waals surface area contributed by atoms with E-state index in [1.807, 2.05) is 51.1 Å². The summed E-state index contributed by atoms with van der Waals surface area (Å²) in [6.07, 6.45) is -0.0575. The first-order chi connectivity index (χ1) is 12.7. The zero-order valence-corrected chi connectivity index (χ0v) is 16.1. The molecule has 1 spiro atoms. The molecule has 1 aromatic rings. The topological polar surface area (TPSA) is 76.2 Å². The minimum atomic E-state index is -0.609. The van der Waals surface area contributed by atoms with Crippen molar-refractivity contribution in [3.63, 3.8) is 0 Å². The summed E-state index contributed by atoms with van der Waals surface area (Å²) in [6.45, 7) is 6.90. The van der Waals surface area contributed by atoms with Gasteiger partial charge in [0.2, 0.25) is 5.91 Å². The lowest BCUT2D eigenvalue weighted by molar-refractivity contribution is -0.142. The number of hydrogen-bond donors (Lipinski definition) is 0. The summed E-state index contributed by atoms with van der Waals surface area (Å²) in [5, 5.41) is 0. The summed E-state index contributed by atoms with van der Waals surface area (Å²) >= 11 is 0. The van der Waals surface area contributed by atoms with Gasteiger partial charge in [-0.05, 0) is 32.8 Å². The monoisotopic (exact) mass is 374 g/mol. The van der Waals surface area contributed by atoms with Crippen molar-refractivity contribution >= 4 is 18.1 Å². The number of likely N-dealkylation sites (tertiary alicyclic amines) is 2. The van der Waals surface area contributed by atoms with E-state index in [2.05, 4.69) is 0 Å². The van der Waals surface area contributed by atoms with Crippen molar-refractivity contribution in [3.8, 4) is 0 Å². The highest BCUT2D eigenvalue weighted by molar-refractivity contribution is 5.93. The molecule has 1 aromatic carbocycles. The second-order valence-electron chi connectivity index (χ2n) is 8.35. The second kappa shape index (κ2) is 7.21. The van der Waals surface area contributed by atoms with E-state index in [0.29, 0.717) is 26.1 Å². The lowest BCUT2D eigenvalue weighted by Crippen LogP contribution is -2.63. The highest BCUT2D eigenvalue weighted by Crippen LogP contribution is 2.41. The first kappa shape index (κ1) is 19.2. The van der Waals surface area contributed by atoms with Crippen LogP contribution in [0.2, 0.25) is 0 Å². The molecule has 2 heterocycles. The number of carbonyl (C=O) groups is 3. The van der Waals surface area contributed by atoms with Gasteiger partial charge in [-0.15, -0.1) is 0 Å². The van der Waals surface area contributed by atoms with Gasteiger partial charge >= 0.3 is 12.2 Å². The van der Waals surface area contributed by atoms with Crippen molar-refractivity contribution in [1.82, 2.24) is 9.80 Å². The van der Waals surface area contributed by atoms with E-state index >= 15 is 0 Å². The Morgan fingerprint density at radius 3 is 2.37 bits per heavy atom. The van der Waals surface area contributed by atoms with Gasteiger partial charge < -0.3 is 14.4 Å². The Hall–Kier alpha value is -2.57. The van der Waals surface area contributed by atoms with Crippen LogP contribution in [-0.2, 0) is 20.9 Å². The number of hydrogen-bond acceptors (Lipinski definition) is 5. The van der Waals surface area contributed by atoms with Crippen LogP contribution < -0.4 is 0 Å². The summed E-state index contributed by atoms with van der Waals surface area (Å²) in [6, 6.07) is 9.34. The highest BCUT2D eigenvalue weighted by atomic mass is 16.6. The van der Waals surface area contributed by atoms with Crippen molar-refractivity contribution in [2.75, 3.05) is 19.6 Å². The summed E-state index contributed by atoms with van der Waals surface area (Å²) < 4.78 is 10.6. The van der Waals surface area contributed by atoms with E-state index < -0.39 is 11.7 Å². The maximum Gasteiger partial charge on any atom is 0.416 e. The van der Waals surface area contributed by atoms with E-state index in [4.69, 9.17) is 9.47 Å². The predicted molar refractivity (Wildman–Crippen MR) is 97.8 cm³/mol.